The Hall–Kier alpha value is -5.32. The lowest BCUT2D eigenvalue weighted by Gasteiger charge is -2.06. The molecule has 3 nitrogen and oxygen atoms in total. The van der Waals surface area contributed by atoms with E-state index in [1.165, 1.54) is 58.7 Å². The lowest BCUT2D eigenvalue weighted by atomic mass is 9.97. The van der Waals surface area contributed by atoms with Crippen molar-refractivity contribution in [3.05, 3.63) is 127 Å². The van der Waals surface area contributed by atoms with Crippen LogP contribution in [0.5, 0.6) is 0 Å². The Labute approximate surface area is 244 Å². The number of hydrogen-bond donors (Lipinski definition) is 0. The maximum absolute atomic E-state index is 5.18. The molecular weight excluding hydrogens is 531 g/mol. The summed E-state index contributed by atoms with van der Waals surface area (Å²) in [4.78, 5) is 10.3. The lowest BCUT2D eigenvalue weighted by molar-refractivity contribution is 1.28. The van der Waals surface area contributed by atoms with E-state index in [0.29, 0.717) is 0 Å². The summed E-state index contributed by atoms with van der Waals surface area (Å²) < 4.78 is 4.96. The number of fused-ring (bicyclic) bond motifs is 10. The van der Waals surface area contributed by atoms with E-state index in [9.17, 15) is 0 Å². The van der Waals surface area contributed by atoms with Crippen molar-refractivity contribution in [2.45, 2.75) is 0 Å². The van der Waals surface area contributed by atoms with Gasteiger partial charge >= 0.3 is 0 Å². The van der Waals surface area contributed by atoms with Crippen LogP contribution in [0.1, 0.15) is 0 Å². The minimum absolute atomic E-state index is 0.910. The van der Waals surface area contributed by atoms with E-state index in [-0.39, 0.29) is 0 Å². The van der Waals surface area contributed by atoms with Crippen molar-refractivity contribution in [1.29, 1.82) is 0 Å². The van der Waals surface area contributed by atoms with Gasteiger partial charge in [-0.1, -0.05) is 72.8 Å². The molecule has 42 heavy (non-hydrogen) atoms. The van der Waals surface area contributed by atoms with Crippen LogP contribution in [0, 0.1) is 0 Å². The molecule has 0 unspecified atom stereocenters. The lowest BCUT2D eigenvalue weighted by Crippen LogP contribution is -1.89. The maximum Gasteiger partial charge on any atom is 0.165 e. The number of hydrogen-bond acceptors (Lipinski definition) is 3. The van der Waals surface area contributed by atoms with Crippen LogP contribution < -0.4 is 0 Å². The van der Waals surface area contributed by atoms with Crippen molar-refractivity contribution >= 4 is 80.9 Å². The summed E-state index contributed by atoms with van der Waals surface area (Å²) >= 11 is 1.86. The highest BCUT2D eigenvalue weighted by molar-refractivity contribution is 7.25. The monoisotopic (exact) mass is 551 g/mol. The number of rotatable bonds is 2. The van der Waals surface area contributed by atoms with Gasteiger partial charge in [-0.25, -0.2) is 9.97 Å². The normalized spacial score (nSPS) is 12.3. The Morgan fingerprint density at radius 3 is 2.02 bits per heavy atom. The summed E-state index contributed by atoms with van der Waals surface area (Å²) in [5.41, 5.74) is 10.9. The van der Waals surface area contributed by atoms with Gasteiger partial charge in [-0.2, -0.15) is 0 Å². The van der Waals surface area contributed by atoms with Crippen LogP contribution in [-0.2, 0) is 0 Å². The fourth-order valence-electron chi connectivity index (χ4n) is 6.76. The second kappa shape index (κ2) is 8.12. The average molecular weight is 552 g/mol. The van der Waals surface area contributed by atoms with E-state index in [4.69, 9.17) is 9.97 Å². The molecule has 0 spiro atoms. The number of thiophene rings is 1. The number of benzene rings is 6. The molecular formula is C38H21N3S. The molecule has 10 aromatic rings. The molecule has 0 aliphatic heterocycles. The zero-order valence-corrected chi connectivity index (χ0v) is 23.2. The van der Waals surface area contributed by atoms with E-state index in [1.807, 2.05) is 29.5 Å². The second-order valence-corrected chi connectivity index (χ2v) is 12.1. The highest BCUT2D eigenvalue weighted by Crippen LogP contribution is 2.43. The van der Waals surface area contributed by atoms with Crippen LogP contribution in [0.25, 0.3) is 91.8 Å². The molecule has 0 saturated heterocycles. The van der Waals surface area contributed by atoms with Crippen LogP contribution in [0.3, 0.4) is 0 Å². The molecule has 0 atom stereocenters. The van der Waals surface area contributed by atoms with Crippen LogP contribution in [0.15, 0.2) is 127 Å². The summed E-state index contributed by atoms with van der Waals surface area (Å²) in [7, 11) is 0. The molecule has 4 aromatic heterocycles. The van der Waals surface area contributed by atoms with Gasteiger partial charge in [0.05, 0.1) is 22.1 Å². The van der Waals surface area contributed by atoms with Gasteiger partial charge in [0, 0.05) is 36.3 Å². The van der Waals surface area contributed by atoms with E-state index >= 15 is 0 Å². The van der Waals surface area contributed by atoms with E-state index in [1.54, 1.807) is 0 Å². The van der Waals surface area contributed by atoms with Gasteiger partial charge in [-0.3, -0.25) is 4.40 Å². The zero-order chi connectivity index (χ0) is 27.4. The Balaban J connectivity index is 1.34. The van der Waals surface area contributed by atoms with Crippen molar-refractivity contribution in [3.63, 3.8) is 0 Å². The smallest absolute Gasteiger partial charge is 0.165 e. The summed E-state index contributed by atoms with van der Waals surface area (Å²) in [6, 6.07) is 45.9. The Bertz CT molecular complexity index is 2680. The highest BCUT2D eigenvalue weighted by atomic mass is 32.1. The summed E-state index contributed by atoms with van der Waals surface area (Å²) in [6.07, 6.45) is 0. The minimum Gasteiger partial charge on any atom is -0.291 e. The van der Waals surface area contributed by atoms with Gasteiger partial charge in [0.1, 0.15) is 5.52 Å². The summed E-state index contributed by atoms with van der Waals surface area (Å²) in [5, 5.41) is 6.23. The number of aromatic nitrogens is 3. The quantitative estimate of drug-likeness (QED) is 0.214. The average Bonchev–Trinajstić information content (AvgIpc) is 3.69. The van der Waals surface area contributed by atoms with Crippen LogP contribution in [0.4, 0.5) is 0 Å². The third kappa shape index (κ3) is 2.99. The summed E-state index contributed by atoms with van der Waals surface area (Å²) in [6.45, 7) is 0. The standard InChI is InChI=1S/C38H21N3S/c1-2-8-22(9-3-1)23-14-16-33-27(18-23)29-20-25(24-15-17-35-28(19-24)26-10-4-7-13-34(26)42-35)21-30-36-38(41(33)37(29)30)40-32-12-6-5-11-31(32)39-36/h1-21H. The molecule has 4 heterocycles. The highest BCUT2D eigenvalue weighted by Gasteiger charge is 2.22. The summed E-state index contributed by atoms with van der Waals surface area (Å²) in [5.74, 6) is 0. The first-order valence-electron chi connectivity index (χ1n) is 14.2. The van der Waals surface area contributed by atoms with Gasteiger partial charge in [0.25, 0.3) is 0 Å². The Morgan fingerprint density at radius 2 is 1.12 bits per heavy atom. The largest absolute Gasteiger partial charge is 0.291 e. The topological polar surface area (TPSA) is 30.2 Å². The number of nitrogens with zero attached hydrogens (tertiary/aromatic N) is 3. The molecule has 0 aliphatic carbocycles. The fraction of sp³-hybridized carbons (Fsp3) is 0. The molecule has 10 rings (SSSR count). The number of para-hydroxylation sites is 2. The molecule has 0 amide bonds. The van der Waals surface area contributed by atoms with Gasteiger partial charge in [-0.05, 0) is 76.9 Å². The van der Waals surface area contributed by atoms with Gasteiger partial charge in [0.15, 0.2) is 5.65 Å². The van der Waals surface area contributed by atoms with E-state index in [0.717, 1.165) is 33.1 Å². The fourth-order valence-corrected chi connectivity index (χ4v) is 7.84. The van der Waals surface area contributed by atoms with Gasteiger partial charge in [0.2, 0.25) is 0 Å². The van der Waals surface area contributed by atoms with Crippen molar-refractivity contribution < 1.29 is 0 Å². The van der Waals surface area contributed by atoms with Crippen molar-refractivity contribution in [1.82, 2.24) is 14.4 Å². The molecule has 0 N–H and O–H groups in total. The molecule has 0 bridgehead atoms. The van der Waals surface area contributed by atoms with E-state index in [2.05, 4.69) is 114 Å². The van der Waals surface area contributed by atoms with Gasteiger partial charge in [-0.15, -0.1) is 11.3 Å². The molecule has 194 valence electrons. The van der Waals surface area contributed by atoms with E-state index < -0.39 is 0 Å². The maximum atomic E-state index is 5.18. The second-order valence-electron chi connectivity index (χ2n) is 11.0. The zero-order valence-electron chi connectivity index (χ0n) is 22.4. The third-order valence-electron chi connectivity index (χ3n) is 8.70. The first-order valence-corrected chi connectivity index (χ1v) is 15.0. The Morgan fingerprint density at radius 1 is 0.452 bits per heavy atom. The first-order chi connectivity index (χ1) is 20.8. The van der Waals surface area contributed by atoms with Crippen molar-refractivity contribution in [2.75, 3.05) is 0 Å². The molecule has 0 aliphatic rings. The predicted molar refractivity (Wildman–Crippen MR) is 178 cm³/mol. The van der Waals surface area contributed by atoms with Crippen molar-refractivity contribution in [3.8, 4) is 22.3 Å². The van der Waals surface area contributed by atoms with Crippen LogP contribution in [0.2, 0.25) is 0 Å². The minimum atomic E-state index is 0.910. The Kier molecular flexibility index (Phi) is 4.33. The molecule has 4 heteroatoms. The predicted octanol–water partition coefficient (Wildman–Crippen LogP) is 10.5. The molecule has 6 aromatic carbocycles. The third-order valence-corrected chi connectivity index (χ3v) is 9.85. The molecule has 0 saturated carbocycles. The molecule has 0 radical (unpaired) electrons. The SMILES string of the molecule is c1ccc(-c2ccc3c(c2)c2cc(-c4ccc5sc6ccccc6c5c4)cc4c5nc6ccccc6nc5n3c24)cc1. The first kappa shape index (κ1) is 22.4. The van der Waals surface area contributed by atoms with Crippen LogP contribution >= 0.6 is 11.3 Å². The van der Waals surface area contributed by atoms with Crippen molar-refractivity contribution in [2.24, 2.45) is 0 Å². The van der Waals surface area contributed by atoms with Crippen LogP contribution in [-0.4, -0.2) is 14.4 Å². The van der Waals surface area contributed by atoms with Gasteiger partial charge < -0.3 is 0 Å². The molecule has 0 fully saturated rings.